The predicted molar refractivity (Wildman–Crippen MR) is 108 cm³/mol. The van der Waals surface area contributed by atoms with Crippen LogP contribution in [0.2, 0.25) is 0 Å². The maximum Gasteiger partial charge on any atom is 0.251 e. The maximum atomic E-state index is 12.5. The molecule has 2 heterocycles. The third-order valence-corrected chi connectivity index (χ3v) is 4.60. The van der Waals surface area contributed by atoms with Crippen LogP contribution in [0, 0.1) is 6.92 Å². The molecular formula is C23H21N3O2. The van der Waals surface area contributed by atoms with Crippen LogP contribution in [0.1, 0.15) is 27.2 Å². The molecule has 140 valence electrons. The number of fused-ring (bicyclic) bond motifs is 1. The Bertz CT molecular complexity index is 1080. The number of hydrogen-bond acceptors (Lipinski definition) is 3. The highest BCUT2D eigenvalue weighted by atomic mass is 16.5. The fourth-order valence-electron chi connectivity index (χ4n) is 3.03. The van der Waals surface area contributed by atoms with Crippen molar-refractivity contribution < 1.29 is 9.53 Å². The summed E-state index contributed by atoms with van der Waals surface area (Å²) < 4.78 is 7.79. The van der Waals surface area contributed by atoms with Gasteiger partial charge in [-0.1, -0.05) is 36.4 Å². The first-order chi connectivity index (χ1) is 13.7. The third kappa shape index (κ3) is 4.04. The number of nitrogens with zero attached hydrogens (tertiary/aromatic N) is 2. The monoisotopic (exact) mass is 371 g/mol. The molecule has 0 aliphatic heterocycles. The van der Waals surface area contributed by atoms with Gasteiger partial charge in [-0.15, -0.1) is 0 Å². The lowest BCUT2D eigenvalue weighted by Crippen LogP contribution is -2.23. The first kappa shape index (κ1) is 17.8. The second kappa shape index (κ2) is 7.96. The molecule has 0 fully saturated rings. The molecule has 0 aliphatic rings. The molecule has 0 aliphatic carbocycles. The second-order valence-electron chi connectivity index (χ2n) is 6.62. The minimum absolute atomic E-state index is 0.124. The Hall–Kier alpha value is -3.60. The number of hydrogen-bond donors (Lipinski definition) is 1. The minimum Gasteiger partial charge on any atom is -0.487 e. The summed E-state index contributed by atoms with van der Waals surface area (Å²) in [6.45, 7) is 2.88. The van der Waals surface area contributed by atoms with E-state index in [1.54, 1.807) is 12.1 Å². The summed E-state index contributed by atoms with van der Waals surface area (Å²) in [6, 6.07) is 21.1. The Kier molecular flexibility index (Phi) is 5.06. The Morgan fingerprint density at radius 2 is 1.93 bits per heavy atom. The predicted octanol–water partition coefficient (Wildman–Crippen LogP) is 4.15. The van der Waals surface area contributed by atoms with Crippen LogP contribution in [0.25, 0.3) is 5.65 Å². The zero-order valence-electron chi connectivity index (χ0n) is 15.6. The number of imidazole rings is 1. The Labute approximate surface area is 163 Å². The third-order valence-electron chi connectivity index (χ3n) is 4.60. The van der Waals surface area contributed by atoms with E-state index in [2.05, 4.69) is 10.3 Å². The van der Waals surface area contributed by atoms with Crippen molar-refractivity contribution in [1.82, 2.24) is 14.7 Å². The molecule has 5 nitrogen and oxygen atoms in total. The van der Waals surface area contributed by atoms with Gasteiger partial charge in [0.1, 0.15) is 18.0 Å². The van der Waals surface area contributed by atoms with Gasteiger partial charge in [0.05, 0.1) is 5.69 Å². The van der Waals surface area contributed by atoms with Crippen molar-refractivity contribution in [3.05, 3.63) is 102 Å². The molecule has 2 aromatic heterocycles. The van der Waals surface area contributed by atoms with Crippen LogP contribution >= 0.6 is 0 Å². The molecule has 1 amide bonds. The van der Waals surface area contributed by atoms with E-state index in [0.29, 0.717) is 24.5 Å². The highest BCUT2D eigenvalue weighted by molar-refractivity contribution is 5.94. The summed E-state index contributed by atoms with van der Waals surface area (Å²) in [7, 11) is 0. The molecule has 0 atom stereocenters. The lowest BCUT2D eigenvalue weighted by atomic mass is 10.1. The fourth-order valence-corrected chi connectivity index (χ4v) is 3.03. The van der Waals surface area contributed by atoms with Crippen LogP contribution in [-0.4, -0.2) is 15.3 Å². The number of carbonyl (C=O) groups excluding carboxylic acids is 1. The Morgan fingerprint density at radius 1 is 1.07 bits per heavy atom. The maximum absolute atomic E-state index is 12.5. The van der Waals surface area contributed by atoms with Crippen molar-refractivity contribution in [3.63, 3.8) is 0 Å². The van der Waals surface area contributed by atoms with Gasteiger partial charge in [-0.25, -0.2) is 4.98 Å². The lowest BCUT2D eigenvalue weighted by molar-refractivity contribution is 0.0950. The summed E-state index contributed by atoms with van der Waals surface area (Å²) in [5.74, 6) is 0.516. The summed E-state index contributed by atoms with van der Waals surface area (Å²) in [5.41, 5.74) is 4.55. The summed E-state index contributed by atoms with van der Waals surface area (Å²) >= 11 is 0. The van der Waals surface area contributed by atoms with E-state index < -0.39 is 0 Å². The number of aryl methyl sites for hydroxylation is 1. The quantitative estimate of drug-likeness (QED) is 0.554. The number of aromatic nitrogens is 2. The number of rotatable bonds is 6. The van der Waals surface area contributed by atoms with E-state index in [-0.39, 0.29) is 5.91 Å². The number of ether oxygens (including phenoxy) is 1. The standard InChI is InChI=1S/C23H21N3O2/c1-17-7-2-3-8-19(17)14-24-23(27)18-9-6-10-21(13-18)28-16-20-15-26-12-5-4-11-22(26)25-20/h2-13,15H,14,16H2,1H3,(H,24,27). The molecule has 0 bridgehead atoms. The molecule has 28 heavy (non-hydrogen) atoms. The molecule has 0 saturated carbocycles. The molecule has 1 N–H and O–H groups in total. The Morgan fingerprint density at radius 3 is 2.79 bits per heavy atom. The van der Waals surface area contributed by atoms with E-state index in [1.165, 1.54) is 0 Å². The smallest absolute Gasteiger partial charge is 0.251 e. The SMILES string of the molecule is Cc1ccccc1CNC(=O)c1cccc(OCc2cn3ccccc3n2)c1. The van der Waals surface area contributed by atoms with Gasteiger partial charge in [-0.2, -0.15) is 0 Å². The van der Waals surface area contributed by atoms with Crippen molar-refractivity contribution >= 4 is 11.6 Å². The molecule has 2 aromatic carbocycles. The average molecular weight is 371 g/mol. The van der Waals surface area contributed by atoms with Gasteiger partial charge in [-0.3, -0.25) is 4.79 Å². The number of carbonyl (C=O) groups is 1. The van der Waals surface area contributed by atoms with Crippen LogP contribution in [0.5, 0.6) is 5.75 Å². The highest BCUT2D eigenvalue weighted by Gasteiger charge is 2.08. The molecule has 4 rings (SSSR count). The van der Waals surface area contributed by atoms with Gasteiger partial charge in [0.15, 0.2) is 0 Å². The summed E-state index contributed by atoms with van der Waals surface area (Å²) in [6.07, 6.45) is 3.89. The van der Waals surface area contributed by atoms with E-state index in [9.17, 15) is 4.79 Å². The van der Waals surface area contributed by atoms with E-state index in [0.717, 1.165) is 22.5 Å². The van der Waals surface area contributed by atoms with Crippen LogP contribution in [0.15, 0.2) is 79.1 Å². The van der Waals surface area contributed by atoms with Gasteiger partial charge < -0.3 is 14.5 Å². The van der Waals surface area contributed by atoms with Crippen LogP contribution in [0.4, 0.5) is 0 Å². The largest absolute Gasteiger partial charge is 0.487 e. The van der Waals surface area contributed by atoms with Crippen molar-refractivity contribution in [1.29, 1.82) is 0 Å². The first-order valence-corrected chi connectivity index (χ1v) is 9.17. The number of amides is 1. The van der Waals surface area contributed by atoms with Gasteiger partial charge in [0.2, 0.25) is 0 Å². The highest BCUT2D eigenvalue weighted by Crippen LogP contribution is 2.16. The van der Waals surface area contributed by atoms with Crippen molar-refractivity contribution in [3.8, 4) is 5.75 Å². The molecule has 0 spiro atoms. The Balaban J connectivity index is 1.39. The molecular weight excluding hydrogens is 350 g/mol. The number of pyridine rings is 1. The van der Waals surface area contributed by atoms with Crippen LogP contribution in [0.3, 0.4) is 0 Å². The zero-order chi connectivity index (χ0) is 19.3. The van der Waals surface area contributed by atoms with Crippen LogP contribution in [-0.2, 0) is 13.2 Å². The topological polar surface area (TPSA) is 55.6 Å². The van der Waals surface area contributed by atoms with Gasteiger partial charge in [0.25, 0.3) is 5.91 Å². The lowest BCUT2D eigenvalue weighted by Gasteiger charge is -2.09. The molecule has 0 unspecified atom stereocenters. The van der Waals surface area contributed by atoms with Crippen molar-refractivity contribution in [2.24, 2.45) is 0 Å². The average Bonchev–Trinajstić information content (AvgIpc) is 3.15. The van der Waals surface area contributed by atoms with E-state index in [4.69, 9.17) is 4.74 Å². The molecule has 0 radical (unpaired) electrons. The van der Waals surface area contributed by atoms with Gasteiger partial charge in [0, 0.05) is 24.5 Å². The summed E-state index contributed by atoms with van der Waals surface area (Å²) in [4.78, 5) is 17.0. The number of nitrogens with one attached hydrogen (secondary N) is 1. The molecule has 5 heteroatoms. The van der Waals surface area contributed by atoms with Crippen molar-refractivity contribution in [2.45, 2.75) is 20.1 Å². The fraction of sp³-hybridized carbons (Fsp3) is 0.130. The zero-order valence-corrected chi connectivity index (χ0v) is 15.6. The summed E-state index contributed by atoms with van der Waals surface area (Å²) in [5, 5.41) is 2.96. The number of benzene rings is 2. The minimum atomic E-state index is -0.124. The molecule has 0 saturated heterocycles. The normalized spacial score (nSPS) is 10.8. The van der Waals surface area contributed by atoms with Gasteiger partial charge >= 0.3 is 0 Å². The first-order valence-electron chi connectivity index (χ1n) is 9.17. The van der Waals surface area contributed by atoms with Gasteiger partial charge in [-0.05, 0) is 48.4 Å². The molecule has 4 aromatic rings. The van der Waals surface area contributed by atoms with E-state index in [1.807, 2.05) is 78.3 Å². The van der Waals surface area contributed by atoms with Crippen LogP contribution < -0.4 is 10.1 Å². The van der Waals surface area contributed by atoms with E-state index >= 15 is 0 Å². The second-order valence-corrected chi connectivity index (χ2v) is 6.62. The van der Waals surface area contributed by atoms with Crippen molar-refractivity contribution in [2.75, 3.05) is 0 Å².